The van der Waals surface area contributed by atoms with E-state index >= 15 is 0 Å². The Labute approximate surface area is 159 Å². The van der Waals surface area contributed by atoms with Crippen molar-refractivity contribution < 1.29 is 19.4 Å². The maximum absolute atomic E-state index is 12.9. The molecule has 1 aromatic carbocycles. The molecular formula is C19H20N2O5S. The molecule has 1 N–H and O–H groups in total. The molecule has 27 heavy (non-hydrogen) atoms. The minimum absolute atomic E-state index is 0.000344. The quantitative estimate of drug-likeness (QED) is 0.637. The van der Waals surface area contributed by atoms with Crippen molar-refractivity contribution in [3.63, 3.8) is 0 Å². The van der Waals surface area contributed by atoms with Crippen molar-refractivity contribution in [1.82, 2.24) is 9.55 Å². The molecule has 0 radical (unpaired) electrons. The number of aromatic carboxylic acids is 1. The Morgan fingerprint density at radius 3 is 2.59 bits per heavy atom. The Kier molecular flexibility index (Phi) is 5.75. The van der Waals surface area contributed by atoms with Gasteiger partial charge in [-0.15, -0.1) is 11.3 Å². The van der Waals surface area contributed by atoms with Crippen LogP contribution in [0.3, 0.4) is 0 Å². The van der Waals surface area contributed by atoms with Crippen LogP contribution in [0.15, 0.2) is 34.4 Å². The highest BCUT2D eigenvalue weighted by Gasteiger charge is 2.19. The van der Waals surface area contributed by atoms with Crippen LogP contribution in [0.25, 0.3) is 10.2 Å². The summed E-state index contributed by atoms with van der Waals surface area (Å²) < 4.78 is 12.3. The van der Waals surface area contributed by atoms with Crippen molar-refractivity contribution in [2.75, 3.05) is 13.7 Å². The Bertz CT molecular complexity index is 1010. The Morgan fingerprint density at radius 2 is 1.96 bits per heavy atom. The van der Waals surface area contributed by atoms with Crippen molar-refractivity contribution in [3.05, 3.63) is 51.4 Å². The maximum atomic E-state index is 12.9. The van der Waals surface area contributed by atoms with E-state index in [1.165, 1.54) is 21.3 Å². The number of fused-ring (bicyclic) bond motifs is 1. The predicted octanol–water partition coefficient (Wildman–Crippen LogP) is 3.20. The van der Waals surface area contributed by atoms with Crippen LogP contribution in [0.4, 0.5) is 0 Å². The number of aryl methyl sites for hydroxylation is 1. The third-order valence-electron chi connectivity index (χ3n) is 4.12. The van der Waals surface area contributed by atoms with Gasteiger partial charge in [-0.1, -0.05) is 6.92 Å². The normalized spacial score (nSPS) is 10.9. The van der Waals surface area contributed by atoms with Crippen LogP contribution in [-0.4, -0.2) is 34.3 Å². The molecule has 0 aliphatic heterocycles. The van der Waals surface area contributed by atoms with Crippen LogP contribution in [0.1, 0.15) is 29.5 Å². The third-order valence-corrected chi connectivity index (χ3v) is 4.99. The van der Waals surface area contributed by atoms with E-state index in [-0.39, 0.29) is 29.7 Å². The van der Waals surface area contributed by atoms with Crippen LogP contribution in [-0.2, 0) is 13.0 Å². The summed E-state index contributed by atoms with van der Waals surface area (Å²) in [6.07, 6.45) is 1.46. The molecule has 0 aliphatic rings. The highest BCUT2D eigenvalue weighted by molar-refractivity contribution is 7.17. The molecule has 2 heterocycles. The van der Waals surface area contributed by atoms with Gasteiger partial charge in [0.15, 0.2) is 0 Å². The molecule has 0 saturated carbocycles. The highest BCUT2D eigenvalue weighted by atomic mass is 32.1. The van der Waals surface area contributed by atoms with Gasteiger partial charge in [0.2, 0.25) is 0 Å². The number of benzene rings is 1. The van der Waals surface area contributed by atoms with E-state index < -0.39 is 5.97 Å². The molecule has 0 amide bonds. The van der Waals surface area contributed by atoms with Gasteiger partial charge in [0.25, 0.3) is 5.56 Å². The monoisotopic (exact) mass is 388 g/mol. The SMILES string of the molecule is CCCc1nc2scc(C(=O)O)c2c(=O)n1CCOc1ccc(OC)cc1. The number of rotatable bonds is 8. The summed E-state index contributed by atoms with van der Waals surface area (Å²) in [6, 6.07) is 7.17. The molecule has 0 spiro atoms. The van der Waals surface area contributed by atoms with E-state index in [1.807, 2.05) is 6.92 Å². The average molecular weight is 388 g/mol. The number of carboxylic acids is 1. The molecule has 0 bridgehead atoms. The summed E-state index contributed by atoms with van der Waals surface area (Å²) in [5.41, 5.74) is -0.333. The smallest absolute Gasteiger partial charge is 0.337 e. The first-order chi connectivity index (χ1) is 13.0. The number of nitrogens with zero attached hydrogens (tertiary/aromatic N) is 2. The van der Waals surface area contributed by atoms with Crippen molar-refractivity contribution >= 4 is 27.5 Å². The second-order valence-electron chi connectivity index (χ2n) is 5.89. The van der Waals surface area contributed by atoms with Crippen LogP contribution in [0.5, 0.6) is 11.5 Å². The van der Waals surface area contributed by atoms with Crippen LogP contribution >= 0.6 is 11.3 Å². The fraction of sp³-hybridized carbons (Fsp3) is 0.316. The maximum Gasteiger partial charge on any atom is 0.337 e. The number of hydrogen-bond donors (Lipinski definition) is 1. The van der Waals surface area contributed by atoms with Gasteiger partial charge in [-0.25, -0.2) is 9.78 Å². The van der Waals surface area contributed by atoms with Gasteiger partial charge in [-0.2, -0.15) is 0 Å². The first-order valence-electron chi connectivity index (χ1n) is 8.56. The Hall–Kier alpha value is -2.87. The second kappa shape index (κ2) is 8.22. The molecule has 0 fully saturated rings. The zero-order valence-electron chi connectivity index (χ0n) is 15.1. The molecule has 3 rings (SSSR count). The lowest BCUT2D eigenvalue weighted by Gasteiger charge is -2.13. The van der Waals surface area contributed by atoms with Gasteiger partial charge in [0.05, 0.1) is 24.6 Å². The van der Waals surface area contributed by atoms with Gasteiger partial charge < -0.3 is 14.6 Å². The number of methoxy groups -OCH3 is 1. The van der Waals surface area contributed by atoms with E-state index in [1.54, 1.807) is 31.4 Å². The van der Waals surface area contributed by atoms with Gasteiger partial charge in [-0.05, 0) is 30.7 Å². The minimum atomic E-state index is -1.12. The molecule has 0 aliphatic carbocycles. The van der Waals surface area contributed by atoms with E-state index in [0.29, 0.717) is 22.8 Å². The summed E-state index contributed by atoms with van der Waals surface area (Å²) in [7, 11) is 1.59. The van der Waals surface area contributed by atoms with Gasteiger partial charge in [0.1, 0.15) is 28.8 Å². The molecule has 0 atom stereocenters. The molecule has 0 unspecified atom stereocenters. The number of carbonyl (C=O) groups is 1. The van der Waals surface area contributed by atoms with Crippen molar-refractivity contribution in [2.24, 2.45) is 0 Å². The molecule has 2 aromatic heterocycles. The molecular weight excluding hydrogens is 368 g/mol. The van der Waals surface area contributed by atoms with E-state index in [0.717, 1.165) is 12.2 Å². The number of carboxylic acid groups (broad SMARTS) is 1. The van der Waals surface area contributed by atoms with E-state index in [9.17, 15) is 14.7 Å². The molecule has 8 heteroatoms. The van der Waals surface area contributed by atoms with E-state index in [2.05, 4.69) is 4.98 Å². The fourth-order valence-electron chi connectivity index (χ4n) is 2.80. The number of thiophene rings is 1. The predicted molar refractivity (Wildman–Crippen MR) is 103 cm³/mol. The standard InChI is InChI=1S/C19H20N2O5S/c1-3-4-15-20-17-16(14(11-27-17)19(23)24)18(22)21(15)9-10-26-13-7-5-12(25-2)6-8-13/h5-8,11H,3-4,9-10H2,1-2H3,(H,23,24). The summed E-state index contributed by atoms with van der Waals surface area (Å²) >= 11 is 1.18. The number of ether oxygens (including phenoxy) is 2. The lowest BCUT2D eigenvalue weighted by atomic mass is 10.2. The van der Waals surface area contributed by atoms with Crippen LogP contribution in [0, 0.1) is 0 Å². The fourth-order valence-corrected chi connectivity index (χ4v) is 3.72. The molecule has 0 saturated heterocycles. The van der Waals surface area contributed by atoms with Gasteiger partial charge >= 0.3 is 5.97 Å². The van der Waals surface area contributed by atoms with E-state index in [4.69, 9.17) is 9.47 Å². The first-order valence-corrected chi connectivity index (χ1v) is 9.44. The number of aromatic nitrogens is 2. The Balaban J connectivity index is 1.87. The largest absolute Gasteiger partial charge is 0.497 e. The minimum Gasteiger partial charge on any atom is -0.497 e. The van der Waals surface area contributed by atoms with Crippen molar-refractivity contribution in [3.8, 4) is 11.5 Å². The average Bonchev–Trinajstić information content (AvgIpc) is 3.09. The van der Waals surface area contributed by atoms with Gasteiger partial charge in [-0.3, -0.25) is 9.36 Å². The highest BCUT2D eigenvalue weighted by Crippen LogP contribution is 2.22. The molecule has 7 nitrogen and oxygen atoms in total. The third kappa shape index (κ3) is 3.95. The zero-order valence-corrected chi connectivity index (χ0v) is 15.9. The van der Waals surface area contributed by atoms with Crippen molar-refractivity contribution in [2.45, 2.75) is 26.3 Å². The van der Waals surface area contributed by atoms with Crippen LogP contribution in [0.2, 0.25) is 0 Å². The summed E-state index contributed by atoms with van der Waals surface area (Å²) in [5.74, 6) is 0.922. The number of hydrogen-bond acceptors (Lipinski definition) is 6. The molecule has 142 valence electrons. The summed E-state index contributed by atoms with van der Waals surface area (Å²) in [5, 5.41) is 11.0. The second-order valence-corrected chi connectivity index (χ2v) is 6.75. The van der Waals surface area contributed by atoms with Gasteiger partial charge in [0, 0.05) is 11.8 Å². The Morgan fingerprint density at radius 1 is 1.26 bits per heavy atom. The van der Waals surface area contributed by atoms with Crippen molar-refractivity contribution in [1.29, 1.82) is 0 Å². The zero-order chi connectivity index (χ0) is 19.4. The lowest BCUT2D eigenvalue weighted by molar-refractivity contribution is 0.0699. The molecule has 3 aromatic rings. The lowest BCUT2D eigenvalue weighted by Crippen LogP contribution is -2.28. The van der Waals surface area contributed by atoms with Crippen LogP contribution < -0.4 is 15.0 Å². The summed E-state index contributed by atoms with van der Waals surface area (Å²) in [6.45, 7) is 2.56. The topological polar surface area (TPSA) is 90.7 Å². The summed E-state index contributed by atoms with van der Waals surface area (Å²) in [4.78, 5) is 29.3. The first kappa shape index (κ1) is 18.9.